The van der Waals surface area contributed by atoms with Crippen LogP contribution in [0.2, 0.25) is 0 Å². The van der Waals surface area contributed by atoms with E-state index in [1.807, 2.05) is 6.07 Å². The monoisotopic (exact) mass is 396 g/mol. The molecule has 0 spiro atoms. The number of hydrogen-bond acceptors (Lipinski definition) is 3. The quantitative estimate of drug-likeness (QED) is 0.629. The van der Waals surface area contributed by atoms with Crippen molar-refractivity contribution in [3.63, 3.8) is 0 Å². The molecule has 3 fully saturated rings. The second-order valence-electron chi connectivity index (χ2n) is 9.15. The van der Waals surface area contributed by atoms with Crippen molar-refractivity contribution in [2.24, 2.45) is 11.8 Å². The Morgan fingerprint density at radius 1 is 1.10 bits per heavy atom. The van der Waals surface area contributed by atoms with E-state index in [4.69, 9.17) is 4.74 Å². The average molecular weight is 397 g/mol. The Labute approximate surface area is 175 Å². The molecule has 2 atom stereocenters. The zero-order chi connectivity index (χ0) is 20.1. The summed E-state index contributed by atoms with van der Waals surface area (Å²) >= 11 is 0. The van der Waals surface area contributed by atoms with E-state index in [0.29, 0.717) is 24.5 Å². The number of amides is 1. The van der Waals surface area contributed by atoms with Gasteiger partial charge in [0.05, 0.1) is 0 Å². The zero-order valence-corrected chi connectivity index (χ0v) is 17.7. The van der Waals surface area contributed by atoms with Crippen molar-refractivity contribution in [2.45, 2.75) is 64.0 Å². The minimum absolute atomic E-state index is 0.411. The molecular formula is C25H36N2O2. The molecular weight excluding hydrogens is 360 g/mol. The van der Waals surface area contributed by atoms with Gasteiger partial charge in [-0.1, -0.05) is 50.1 Å². The lowest BCUT2D eigenvalue weighted by Gasteiger charge is -2.48. The molecule has 3 aliphatic rings. The Hall–Kier alpha value is -1.81. The molecule has 1 amide bonds. The maximum absolute atomic E-state index is 12.7. The Balaban J connectivity index is 1.37. The number of fused-ring (bicyclic) bond motifs is 1. The Kier molecular flexibility index (Phi) is 6.91. The highest BCUT2D eigenvalue weighted by atomic mass is 16.5. The lowest BCUT2D eigenvalue weighted by atomic mass is 9.81. The van der Waals surface area contributed by atoms with Gasteiger partial charge < -0.3 is 9.64 Å². The van der Waals surface area contributed by atoms with Crippen molar-refractivity contribution in [3.05, 3.63) is 42.5 Å². The van der Waals surface area contributed by atoms with Crippen molar-refractivity contribution in [1.29, 1.82) is 0 Å². The summed E-state index contributed by atoms with van der Waals surface area (Å²) < 4.78 is 5.85. The molecule has 1 aromatic carbocycles. The molecule has 1 saturated carbocycles. The van der Waals surface area contributed by atoms with Crippen LogP contribution < -0.4 is 4.74 Å². The number of piperidine rings is 2. The van der Waals surface area contributed by atoms with E-state index >= 15 is 0 Å². The first kappa shape index (κ1) is 20.5. The Morgan fingerprint density at radius 2 is 1.93 bits per heavy atom. The largest absolute Gasteiger partial charge is 0.489 e. The molecule has 0 unspecified atom stereocenters. The van der Waals surface area contributed by atoms with Crippen LogP contribution in [0.4, 0.5) is 0 Å². The lowest BCUT2D eigenvalue weighted by Crippen LogP contribution is -2.56. The van der Waals surface area contributed by atoms with Gasteiger partial charge in [-0.15, -0.1) is 0 Å². The van der Waals surface area contributed by atoms with Gasteiger partial charge in [-0.05, 0) is 43.6 Å². The number of para-hydroxylation sites is 1. The topological polar surface area (TPSA) is 32.8 Å². The molecule has 0 aromatic heterocycles. The van der Waals surface area contributed by atoms with Crippen LogP contribution in [0.15, 0.2) is 36.9 Å². The number of benzene rings is 1. The van der Waals surface area contributed by atoms with Crippen molar-refractivity contribution < 1.29 is 9.53 Å². The molecule has 4 nitrogen and oxygen atoms in total. The maximum atomic E-state index is 12.7. The van der Waals surface area contributed by atoms with Crippen molar-refractivity contribution in [3.8, 4) is 5.75 Å². The molecule has 0 bridgehead atoms. The van der Waals surface area contributed by atoms with E-state index in [9.17, 15) is 4.79 Å². The molecule has 0 N–H and O–H groups in total. The second-order valence-corrected chi connectivity index (χ2v) is 9.15. The Morgan fingerprint density at radius 3 is 2.76 bits per heavy atom. The fraction of sp³-hybridized carbons (Fsp3) is 0.640. The second kappa shape index (κ2) is 9.80. The molecule has 2 saturated heterocycles. The number of hydrogen-bond donors (Lipinski definition) is 0. The molecule has 0 radical (unpaired) electrons. The van der Waals surface area contributed by atoms with E-state index in [-0.39, 0.29) is 0 Å². The molecule has 1 aromatic rings. The summed E-state index contributed by atoms with van der Waals surface area (Å²) in [6.45, 7) is 8.38. The van der Waals surface area contributed by atoms with Crippen LogP contribution in [0.3, 0.4) is 0 Å². The molecule has 158 valence electrons. The summed E-state index contributed by atoms with van der Waals surface area (Å²) in [7, 11) is 0. The average Bonchev–Trinajstić information content (AvgIpc) is 2.76. The van der Waals surface area contributed by atoms with Crippen LogP contribution in [0.1, 0.15) is 56.9 Å². The summed E-state index contributed by atoms with van der Waals surface area (Å²) in [4.78, 5) is 17.6. The van der Waals surface area contributed by atoms with Crippen molar-refractivity contribution in [2.75, 3.05) is 26.2 Å². The third-order valence-electron chi connectivity index (χ3n) is 7.13. The van der Waals surface area contributed by atoms with Gasteiger partial charge in [-0.25, -0.2) is 0 Å². The highest BCUT2D eigenvalue weighted by Crippen LogP contribution is 2.35. The number of nitrogens with zero attached hydrogens (tertiary/aromatic N) is 2. The van der Waals surface area contributed by atoms with Crippen LogP contribution in [0.5, 0.6) is 5.75 Å². The van der Waals surface area contributed by atoms with Crippen molar-refractivity contribution in [1.82, 2.24) is 9.80 Å². The number of rotatable bonds is 7. The third kappa shape index (κ3) is 5.03. The predicted molar refractivity (Wildman–Crippen MR) is 117 cm³/mol. The van der Waals surface area contributed by atoms with E-state index in [1.165, 1.54) is 37.7 Å². The number of likely N-dealkylation sites (tertiary alicyclic amines) is 2. The highest BCUT2D eigenvalue weighted by molar-refractivity contribution is 5.77. The first-order chi connectivity index (χ1) is 14.2. The van der Waals surface area contributed by atoms with Gasteiger partial charge in [0.15, 0.2) is 0 Å². The predicted octanol–water partition coefficient (Wildman–Crippen LogP) is 4.64. The highest BCUT2D eigenvalue weighted by Gasteiger charge is 2.40. The van der Waals surface area contributed by atoms with Crippen LogP contribution in [-0.4, -0.2) is 48.0 Å². The summed E-state index contributed by atoms with van der Waals surface area (Å²) in [6.07, 6.45) is 11.4. The van der Waals surface area contributed by atoms with Crippen LogP contribution >= 0.6 is 0 Å². The molecule has 2 heterocycles. The van der Waals surface area contributed by atoms with Crippen LogP contribution in [-0.2, 0) is 11.3 Å². The number of ether oxygens (including phenoxy) is 1. The molecule has 4 heteroatoms. The third-order valence-corrected chi connectivity index (χ3v) is 7.13. The van der Waals surface area contributed by atoms with Gasteiger partial charge in [0, 0.05) is 44.2 Å². The summed E-state index contributed by atoms with van der Waals surface area (Å²) in [6, 6.07) is 8.81. The SMILES string of the molecule is C=CCOc1ccccc1CN1CC[C@@H]2[C@@H](CCC(=O)N2CC2CCCCC2)C1. The van der Waals surface area contributed by atoms with Gasteiger partial charge in [-0.2, -0.15) is 0 Å². The van der Waals surface area contributed by atoms with E-state index in [1.54, 1.807) is 6.08 Å². The first-order valence-electron chi connectivity index (χ1n) is 11.6. The molecule has 1 aliphatic carbocycles. The van der Waals surface area contributed by atoms with Gasteiger partial charge >= 0.3 is 0 Å². The van der Waals surface area contributed by atoms with E-state index < -0.39 is 0 Å². The minimum Gasteiger partial charge on any atom is -0.489 e. The molecule has 2 aliphatic heterocycles. The standard InChI is InChI=1S/C25H36N2O2/c1-2-16-29-24-11-7-6-10-22(24)19-26-15-14-23-21(18-26)12-13-25(28)27(23)17-20-8-4-3-5-9-20/h2,6-7,10-11,20-21,23H,1,3-5,8-9,12-19H2/t21-,23+/m0/s1. The summed E-state index contributed by atoms with van der Waals surface area (Å²) in [5.41, 5.74) is 1.25. The van der Waals surface area contributed by atoms with Gasteiger partial charge in [0.2, 0.25) is 5.91 Å². The smallest absolute Gasteiger partial charge is 0.222 e. The number of carbonyl (C=O) groups excluding carboxylic acids is 1. The minimum atomic E-state index is 0.411. The van der Waals surface area contributed by atoms with Crippen LogP contribution in [0.25, 0.3) is 0 Å². The fourth-order valence-electron chi connectivity index (χ4n) is 5.62. The Bertz CT molecular complexity index is 698. The van der Waals surface area contributed by atoms with E-state index in [0.717, 1.165) is 57.1 Å². The van der Waals surface area contributed by atoms with Crippen molar-refractivity contribution >= 4 is 5.91 Å². The van der Waals surface area contributed by atoms with E-state index in [2.05, 4.69) is 34.6 Å². The number of carbonyl (C=O) groups is 1. The zero-order valence-electron chi connectivity index (χ0n) is 17.7. The summed E-state index contributed by atoms with van der Waals surface area (Å²) in [5.74, 6) is 2.73. The van der Waals surface area contributed by atoms with Gasteiger partial charge in [0.25, 0.3) is 0 Å². The maximum Gasteiger partial charge on any atom is 0.222 e. The van der Waals surface area contributed by atoms with Gasteiger partial charge in [-0.3, -0.25) is 9.69 Å². The molecule has 29 heavy (non-hydrogen) atoms. The molecule has 4 rings (SSSR count). The van der Waals surface area contributed by atoms with Gasteiger partial charge in [0.1, 0.15) is 12.4 Å². The first-order valence-corrected chi connectivity index (χ1v) is 11.6. The normalized spacial score (nSPS) is 26.2. The van der Waals surface area contributed by atoms with Crippen LogP contribution in [0, 0.1) is 11.8 Å². The fourth-order valence-corrected chi connectivity index (χ4v) is 5.62. The lowest BCUT2D eigenvalue weighted by molar-refractivity contribution is -0.142. The summed E-state index contributed by atoms with van der Waals surface area (Å²) in [5, 5.41) is 0.